The number of rotatable bonds is 9. The van der Waals surface area contributed by atoms with Gasteiger partial charge < -0.3 is 25.7 Å². The Morgan fingerprint density at radius 1 is 1.23 bits per heavy atom. The highest BCUT2D eigenvalue weighted by Gasteiger charge is 2.28. The number of hydrogen-bond acceptors (Lipinski definition) is 7. The quantitative estimate of drug-likeness (QED) is 0.355. The van der Waals surface area contributed by atoms with Crippen molar-refractivity contribution in [1.29, 1.82) is 0 Å². The van der Waals surface area contributed by atoms with Crippen LogP contribution in [0.2, 0.25) is 0 Å². The highest BCUT2D eigenvalue weighted by Crippen LogP contribution is 2.29. The van der Waals surface area contributed by atoms with E-state index in [0.29, 0.717) is 48.0 Å². The molecule has 6 N–H and O–H groups in total. The Balaban J connectivity index is 1.64. The maximum atomic E-state index is 11.3. The van der Waals surface area contributed by atoms with Crippen molar-refractivity contribution >= 4 is 11.7 Å². The van der Waals surface area contributed by atoms with Crippen LogP contribution in [0, 0.1) is 12.8 Å². The predicted octanol–water partition coefficient (Wildman–Crippen LogP) is 2.72. The van der Waals surface area contributed by atoms with Gasteiger partial charge in [-0.1, -0.05) is 30.3 Å². The number of aliphatic carboxylic acids is 1. The first kappa shape index (κ1) is 22.6. The van der Waals surface area contributed by atoms with E-state index < -0.39 is 5.97 Å². The molecule has 2 aromatic rings. The van der Waals surface area contributed by atoms with E-state index in [1.807, 2.05) is 43.3 Å². The van der Waals surface area contributed by atoms with Crippen molar-refractivity contribution in [3.63, 3.8) is 0 Å². The van der Waals surface area contributed by atoms with Gasteiger partial charge in [-0.05, 0) is 50.3 Å². The molecule has 1 heterocycles. The number of nitrogens with one attached hydrogen (secondary N) is 1. The Labute approximate surface area is 182 Å². The van der Waals surface area contributed by atoms with E-state index in [1.54, 1.807) is 6.07 Å². The standard InChI is InChI=1S/C23H30N4O4/c1-15-21(31-18-9-5-8-17(12-18)23(28)29)11-10-19(26-15)22(24)20(27-25)14-30-13-16-6-3-2-4-7-16/h2-4,6-7,10-11,17-18,27H,5,8-9,12-14,24-25H2,1H3,(H,28,29)/b22-20-/t17-,18-/m0/s1. The van der Waals surface area contributed by atoms with Gasteiger partial charge in [-0.15, -0.1) is 0 Å². The van der Waals surface area contributed by atoms with Crippen molar-refractivity contribution in [2.45, 2.75) is 45.3 Å². The fourth-order valence-corrected chi connectivity index (χ4v) is 3.68. The van der Waals surface area contributed by atoms with Gasteiger partial charge in [0, 0.05) is 0 Å². The Bertz CT molecular complexity index is 917. The molecule has 1 aromatic heterocycles. The maximum Gasteiger partial charge on any atom is 0.306 e. The highest BCUT2D eigenvalue weighted by atomic mass is 16.5. The second kappa shape index (κ2) is 10.8. The van der Waals surface area contributed by atoms with Gasteiger partial charge in [0.1, 0.15) is 5.75 Å². The van der Waals surface area contributed by atoms with Gasteiger partial charge in [-0.3, -0.25) is 10.6 Å². The first-order valence-corrected chi connectivity index (χ1v) is 10.4. The smallest absolute Gasteiger partial charge is 0.306 e. The molecule has 1 aliphatic carbocycles. The van der Waals surface area contributed by atoms with Gasteiger partial charge in [-0.2, -0.15) is 0 Å². The molecule has 166 valence electrons. The minimum atomic E-state index is -0.757. The van der Waals surface area contributed by atoms with Crippen molar-refractivity contribution in [3.05, 3.63) is 65.1 Å². The topological polar surface area (TPSA) is 133 Å². The molecule has 31 heavy (non-hydrogen) atoms. The molecular weight excluding hydrogens is 396 g/mol. The van der Waals surface area contributed by atoms with Crippen LogP contribution in [0.5, 0.6) is 5.75 Å². The molecule has 1 aromatic carbocycles. The minimum Gasteiger partial charge on any atom is -0.489 e. The molecule has 2 atom stereocenters. The number of ether oxygens (including phenoxy) is 2. The maximum absolute atomic E-state index is 11.3. The van der Waals surface area contributed by atoms with E-state index in [-0.39, 0.29) is 18.6 Å². The first-order chi connectivity index (χ1) is 15.0. The van der Waals surface area contributed by atoms with Gasteiger partial charge in [0.15, 0.2) is 0 Å². The fraction of sp³-hybridized carbons (Fsp3) is 0.391. The molecule has 8 nitrogen and oxygen atoms in total. The minimum absolute atomic E-state index is 0.123. The summed E-state index contributed by atoms with van der Waals surface area (Å²) in [6.45, 7) is 2.50. The fourth-order valence-electron chi connectivity index (χ4n) is 3.68. The Kier molecular flexibility index (Phi) is 7.86. The first-order valence-electron chi connectivity index (χ1n) is 10.4. The zero-order chi connectivity index (χ0) is 22.2. The Morgan fingerprint density at radius 2 is 2.00 bits per heavy atom. The number of carboxylic acids is 1. The normalized spacial score (nSPS) is 19.4. The molecule has 8 heteroatoms. The number of nitrogens with zero attached hydrogens (tertiary/aromatic N) is 1. The molecule has 0 saturated heterocycles. The number of carboxylic acid groups (broad SMARTS) is 1. The van der Waals surface area contributed by atoms with Crippen LogP contribution >= 0.6 is 0 Å². The van der Waals surface area contributed by atoms with E-state index in [4.69, 9.17) is 21.1 Å². The summed E-state index contributed by atoms with van der Waals surface area (Å²) >= 11 is 0. The van der Waals surface area contributed by atoms with Crippen molar-refractivity contribution in [2.75, 3.05) is 6.61 Å². The molecule has 0 amide bonds. The van der Waals surface area contributed by atoms with E-state index in [2.05, 4.69) is 10.4 Å². The summed E-state index contributed by atoms with van der Waals surface area (Å²) in [5.41, 5.74) is 12.1. The number of aryl methyl sites for hydroxylation is 1. The third kappa shape index (κ3) is 6.19. The SMILES string of the molecule is Cc1nc(/C(N)=C(\COCc2ccccc2)NN)ccc1O[C@H]1CCC[C@H](C(=O)O)C1. The molecule has 0 aliphatic heterocycles. The van der Waals surface area contributed by atoms with Crippen molar-refractivity contribution in [2.24, 2.45) is 17.5 Å². The number of hydrogen-bond donors (Lipinski definition) is 4. The molecule has 0 radical (unpaired) electrons. The summed E-state index contributed by atoms with van der Waals surface area (Å²) in [6, 6.07) is 13.4. The monoisotopic (exact) mass is 426 g/mol. The average Bonchev–Trinajstić information content (AvgIpc) is 2.78. The van der Waals surface area contributed by atoms with Gasteiger partial charge >= 0.3 is 5.97 Å². The van der Waals surface area contributed by atoms with Crippen LogP contribution in [0.15, 0.2) is 48.2 Å². The van der Waals surface area contributed by atoms with E-state index >= 15 is 0 Å². The molecule has 1 aliphatic rings. The number of aromatic nitrogens is 1. The van der Waals surface area contributed by atoms with E-state index in [1.165, 1.54) is 0 Å². The van der Waals surface area contributed by atoms with Crippen molar-refractivity contribution in [3.8, 4) is 5.75 Å². The molecule has 0 unspecified atom stereocenters. The van der Waals surface area contributed by atoms with Crippen LogP contribution in [0.1, 0.15) is 42.6 Å². The number of carbonyl (C=O) groups is 1. The molecule has 3 rings (SSSR count). The Hall–Kier alpha value is -3.10. The lowest BCUT2D eigenvalue weighted by atomic mass is 9.87. The van der Waals surface area contributed by atoms with Gasteiger partial charge in [-0.25, -0.2) is 4.98 Å². The molecule has 0 spiro atoms. The molecule has 1 saturated carbocycles. The summed E-state index contributed by atoms with van der Waals surface area (Å²) in [4.78, 5) is 15.8. The second-order valence-corrected chi connectivity index (χ2v) is 7.74. The lowest BCUT2D eigenvalue weighted by Crippen LogP contribution is -2.30. The van der Waals surface area contributed by atoms with Crippen molar-refractivity contribution in [1.82, 2.24) is 10.4 Å². The number of hydrazine groups is 1. The zero-order valence-electron chi connectivity index (χ0n) is 17.7. The third-order valence-corrected chi connectivity index (χ3v) is 5.44. The van der Waals surface area contributed by atoms with Gasteiger partial charge in [0.05, 0.1) is 48.0 Å². The van der Waals surface area contributed by atoms with E-state index in [0.717, 1.165) is 18.4 Å². The van der Waals surface area contributed by atoms with E-state index in [9.17, 15) is 9.90 Å². The molecule has 0 bridgehead atoms. The number of benzene rings is 1. The summed E-state index contributed by atoms with van der Waals surface area (Å²) < 4.78 is 11.8. The lowest BCUT2D eigenvalue weighted by Gasteiger charge is -2.27. The summed E-state index contributed by atoms with van der Waals surface area (Å²) in [6.07, 6.45) is 2.78. The number of nitrogens with two attached hydrogens (primary N) is 2. The van der Waals surface area contributed by atoms with Gasteiger partial charge in [0.25, 0.3) is 0 Å². The lowest BCUT2D eigenvalue weighted by molar-refractivity contribution is -0.143. The Morgan fingerprint density at radius 3 is 2.68 bits per heavy atom. The molecule has 1 fully saturated rings. The third-order valence-electron chi connectivity index (χ3n) is 5.44. The van der Waals surface area contributed by atoms with Crippen molar-refractivity contribution < 1.29 is 19.4 Å². The van der Waals surface area contributed by atoms with Crippen LogP contribution in [0.25, 0.3) is 5.70 Å². The average molecular weight is 427 g/mol. The largest absolute Gasteiger partial charge is 0.489 e. The van der Waals surface area contributed by atoms with Crippen LogP contribution in [-0.4, -0.2) is 28.8 Å². The summed E-state index contributed by atoms with van der Waals surface area (Å²) in [7, 11) is 0. The predicted molar refractivity (Wildman–Crippen MR) is 118 cm³/mol. The summed E-state index contributed by atoms with van der Waals surface area (Å²) in [5, 5.41) is 9.26. The number of pyridine rings is 1. The van der Waals surface area contributed by atoms with Crippen LogP contribution in [0.3, 0.4) is 0 Å². The highest BCUT2D eigenvalue weighted by molar-refractivity contribution is 5.70. The van der Waals surface area contributed by atoms with Crippen LogP contribution in [0.4, 0.5) is 0 Å². The van der Waals surface area contributed by atoms with Crippen LogP contribution < -0.4 is 21.7 Å². The molecular formula is C23H30N4O4. The van der Waals surface area contributed by atoms with Gasteiger partial charge in [0.2, 0.25) is 0 Å². The van der Waals surface area contributed by atoms with Crippen LogP contribution in [-0.2, 0) is 16.1 Å². The zero-order valence-corrected chi connectivity index (χ0v) is 17.7. The second-order valence-electron chi connectivity index (χ2n) is 7.74. The summed E-state index contributed by atoms with van der Waals surface area (Å²) in [5.74, 6) is 5.18.